The molecule has 2 atom stereocenters. The van der Waals surface area contributed by atoms with Crippen LogP contribution in [0.3, 0.4) is 0 Å². The van der Waals surface area contributed by atoms with Crippen molar-refractivity contribution in [3.63, 3.8) is 0 Å². The molecule has 3 rings (SSSR count). The molecule has 0 aromatic carbocycles. The highest BCUT2D eigenvalue weighted by atomic mass is 35.5. The van der Waals surface area contributed by atoms with Crippen molar-refractivity contribution in [2.24, 2.45) is 18.9 Å². The zero-order valence-electron chi connectivity index (χ0n) is 11.0. The Labute approximate surface area is 125 Å². The van der Waals surface area contributed by atoms with Crippen molar-refractivity contribution in [2.75, 3.05) is 13.1 Å². The van der Waals surface area contributed by atoms with Gasteiger partial charge in [-0.2, -0.15) is 9.40 Å². The molecular formula is C11H12ClN3O5S. The number of carbonyl (C=O) groups excluding carboxylic acids is 2. The van der Waals surface area contributed by atoms with Crippen molar-refractivity contribution in [3.8, 4) is 0 Å². The fourth-order valence-electron chi connectivity index (χ4n) is 2.72. The maximum atomic E-state index is 12.6. The summed E-state index contributed by atoms with van der Waals surface area (Å²) >= 11 is 5.88. The lowest BCUT2D eigenvalue weighted by atomic mass is 9.89. The van der Waals surface area contributed by atoms with Gasteiger partial charge in [-0.15, -0.1) is 0 Å². The second-order valence-electron chi connectivity index (χ2n) is 5.03. The second-order valence-corrected chi connectivity index (χ2v) is 7.29. The molecule has 0 saturated carbocycles. The number of sulfonamides is 1. The largest absolute Gasteiger partial charge is 0.393 e. The van der Waals surface area contributed by atoms with Crippen molar-refractivity contribution in [2.45, 2.75) is 11.4 Å². The summed E-state index contributed by atoms with van der Waals surface area (Å²) in [6.07, 6.45) is 1.50. The Hall–Kier alpha value is -1.45. The standard InChI is InChI=1S/C11H12ClN3O5S/c1-14-9(8(12)4-13-14)21(18,19)15-3-2-6-7(5-15)11(17)20-10(6)16/h4,6-7H,2-3,5H2,1H3. The number of rotatable bonds is 2. The number of halogens is 1. The zero-order valence-corrected chi connectivity index (χ0v) is 12.6. The first-order valence-electron chi connectivity index (χ1n) is 6.25. The van der Waals surface area contributed by atoms with Gasteiger partial charge in [0.2, 0.25) is 0 Å². The van der Waals surface area contributed by atoms with Crippen LogP contribution in [0.15, 0.2) is 11.2 Å². The molecule has 0 radical (unpaired) electrons. The quantitative estimate of drug-likeness (QED) is 0.548. The zero-order chi connectivity index (χ0) is 15.4. The van der Waals surface area contributed by atoms with Crippen LogP contribution in [0.2, 0.25) is 5.02 Å². The number of cyclic esters (lactones) is 2. The van der Waals surface area contributed by atoms with Crippen LogP contribution in [0.1, 0.15) is 6.42 Å². The molecule has 21 heavy (non-hydrogen) atoms. The minimum atomic E-state index is -3.88. The van der Waals surface area contributed by atoms with Crippen molar-refractivity contribution in [3.05, 3.63) is 11.2 Å². The Morgan fingerprint density at radius 2 is 2.00 bits per heavy atom. The molecule has 8 nitrogen and oxygen atoms in total. The van der Waals surface area contributed by atoms with Gasteiger partial charge >= 0.3 is 11.9 Å². The third-order valence-electron chi connectivity index (χ3n) is 3.81. The summed E-state index contributed by atoms with van der Waals surface area (Å²) in [6.45, 7) is 0.0481. The number of piperidine rings is 1. The number of esters is 2. The molecule has 1 aromatic heterocycles. The molecule has 0 amide bonds. The predicted octanol–water partition coefficient (Wildman–Crippen LogP) is -0.216. The predicted molar refractivity (Wildman–Crippen MR) is 69.7 cm³/mol. The van der Waals surface area contributed by atoms with Gasteiger partial charge in [-0.1, -0.05) is 11.6 Å². The summed E-state index contributed by atoms with van der Waals surface area (Å²) < 4.78 is 32.1. The number of carbonyl (C=O) groups is 2. The first-order valence-corrected chi connectivity index (χ1v) is 8.07. The van der Waals surface area contributed by atoms with E-state index in [9.17, 15) is 18.0 Å². The van der Waals surface area contributed by atoms with Crippen LogP contribution in [-0.2, 0) is 31.4 Å². The van der Waals surface area contributed by atoms with E-state index in [0.717, 1.165) is 4.31 Å². The molecule has 2 unspecified atom stereocenters. The molecule has 114 valence electrons. The summed E-state index contributed by atoms with van der Waals surface area (Å²) in [4.78, 5) is 23.1. The van der Waals surface area contributed by atoms with Crippen LogP contribution < -0.4 is 0 Å². The van der Waals surface area contributed by atoms with E-state index in [1.165, 1.54) is 17.9 Å². The lowest BCUT2D eigenvalue weighted by Crippen LogP contribution is -2.45. The Morgan fingerprint density at radius 3 is 2.62 bits per heavy atom. The molecule has 10 heteroatoms. The Morgan fingerprint density at radius 1 is 1.33 bits per heavy atom. The van der Waals surface area contributed by atoms with Crippen LogP contribution in [0, 0.1) is 11.8 Å². The van der Waals surface area contributed by atoms with Crippen molar-refractivity contribution < 1.29 is 22.7 Å². The number of hydrogen-bond acceptors (Lipinski definition) is 6. The summed E-state index contributed by atoms with van der Waals surface area (Å²) in [5.41, 5.74) is 0. The third kappa shape index (κ3) is 2.16. The highest BCUT2D eigenvalue weighted by Gasteiger charge is 2.49. The monoisotopic (exact) mass is 333 g/mol. The van der Waals surface area contributed by atoms with E-state index < -0.39 is 33.8 Å². The molecule has 2 aliphatic heterocycles. The highest BCUT2D eigenvalue weighted by Crippen LogP contribution is 2.34. The molecule has 3 heterocycles. The Kier molecular flexibility index (Phi) is 3.30. The van der Waals surface area contributed by atoms with Gasteiger partial charge in [0, 0.05) is 20.1 Å². The first kappa shape index (κ1) is 14.5. The van der Waals surface area contributed by atoms with Crippen LogP contribution in [-0.4, -0.2) is 47.5 Å². The van der Waals surface area contributed by atoms with Gasteiger partial charge in [-0.3, -0.25) is 14.3 Å². The highest BCUT2D eigenvalue weighted by molar-refractivity contribution is 7.89. The number of nitrogens with zero attached hydrogens (tertiary/aromatic N) is 3. The third-order valence-corrected chi connectivity index (χ3v) is 6.18. The lowest BCUT2D eigenvalue weighted by molar-refractivity contribution is -0.153. The number of aromatic nitrogens is 2. The summed E-state index contributed by atoms with van der Waals surface area (Å²) in [5, 5.41) is 3.70. The number of aryl methyl sites for hydroxylation is 1. The average Bonchev–Trinajstić information content (AvgIpc) is 2.90. The number of ether oxygens (including phenoxy) is 1. The topological polar surface area (TPSA) is 98.6 Å². The van der Waals surface area contributed by atoms with Gasteiger partial charge in [-0.25, -0.2) is 8.42 Å². The molecule has 0 bridgehead atoms. The van der Waals surface area contributed by atoms with Crippen molar-refractivity contribution in [1.29, 1.82) is 0 Å². The molecule has 0 spiro atoms. The van der Waals surface area contributed by atoms with E-state index in [1.807, 2.05) is 0 Å². The van der Waals surface area contributed by atoms with E-state index in [2.05, 4.69) is 9.84 Å². The smallest absolute Gasteiger partial charge is 0.318 e. The van der Waals surface area contributed by atoms with Crippen LogP contribution in [0.4, 0.5) is 0 Å². The summed E-state index contributed by atoms with van der Waals surface area (Å²) in [7, 11) is -2.41. The Balaban J connectivity index is 1.92. The van der Waals surface area contributed by atoms with Gasteiger partial charge in [0.25, 0.3) is 10.0 Å². The fraction of sp³-hybridized carbons (Fsp3) is 0.545. The van der Waals surface area contributed by atoms with Gasteiger partial charge in [0.05, 0.1) is 23.1 Å². The Bertz CT molecular complexity index is 709. The molecule has 2 saturated heterocycles. The molecule has 0 N–H and O–H groups in total. The minimum absolute atomic E-state index is 0.0182. The van der Waals surface area contributed by atoms with Crippen molar-refractivity contribution >= 4 is 33.6 Å². The van der Waals surface area contributed by atoms with Crippen LogP contribution >= 0.6 is 11.6 Å². The number of hydrogen-bond donors (Lipinski definition) is 0. The summed E-state index contributed by atoms with van der Waals surface area (Å²) in [6, 6.07) is 0. The average molecular weight is 334 g/mol. The maximum Gasteiger partial charge on any atom is 0.318 e. The molecular weight excluding hydrogens is 322 g/mol. The van der Waals surface area contributed by atoms with Crippen molar-refractivity contribution in [1.82, 2.24) is 14.1 Å². The van der Waals surface area contributed by atoms with Gasteiger partial charge in [-0.05, 0) is 6.42 Å². The lowest BCUT2D eigenvalue weighted by Gasteiger charge is -2.30. The molecule has 0 aliphatic carbocycles. The van der Waals surface area contributed by atoms with E-state index in [1.54, 1.807) is 0 Å². The normalized spacial score (nSPS) is 26.8. The maximum absolute atomic E-state index is 12.6. The number of fused-ring (bicyclic) bond motifs is 1. The summed E-state index contributed by atoms with van der Waals surface area (Å²) in [5.74, 6) is -2.53. The fourth-order valence-corrected chi connectivity index (χ4v) is 4.81. The van der Waals surface area contributed by atoms with E-state index in [4.69, 9.17) is 11.6 Å². The second kappa shape index (κ2) is 4.79. The van der Waals surface area contributed by atoms with Gasteiger partial charge < -0.3 is 4.74 Å². The van der Waals surface area contributed by atoms with Gasteiger partial charge in [0.1, 0.15) is 0 Å². The van der Waals surface area contributed by atoms with E-state index >= 15 is 0 Å². The van der Waals surface area contributed by atoms with Gasteiger partial charge in [0.15, 0.2) is 5.03 Å². The molecule has 2 aliphatic rings. The first-order chi connectivity index (χ1) is 9.82. The SMILES string of the molecule is Cn1ncc(Cl)c1S(=O)(=O)N1CCC2C(=O)OC(=O)C2C1. The van der Waals surface area contributed by atoms with E-state index in [0.29, 0.717) is 0 Å². The molecule has 2 fully saturated rings. The minimum Gasteiger partial charge on any atom is -0.393 e. The van der Waals surface area contributed by atoms with Crippen LogP contribution in [0.5, 0.6) is 0 Å². The van der Waals surface area contributed by atoms with E-state index in [-0.39, 0.29) is 29.6 Å². The van der Waals surface area contributed by atoms with Crippen LogP contribution in [0.25, 0.3) is 0 Å². The molecule has 1 aromatic rings.